The molecule has 0 heterocycles. The molecule has 4 heteroatoms. The maximum Gasteiger partial charge on any atom is 0.223 e. The molecule has 17 heavy (non-hydrogen) atoms. The van der Waals surface area contributed by atoms with Crippen LogP contribution in [0.2, 0.25) is 0 Å². The fraction of sp³-hybridized carbons (Fsp3) is 0.923. The number of nitrogens with two attached hydrogens (primary N) is 1. The van der Waals surface area contributed by atoms with Gasteiger partial charge in [0.15, 0.2) is 0 Å². The molecule has 0 radical (unpaired) electrons. The maximum absolute atomic E-state index is 11.8. The molecule has 1 saturated carbocycles. The van der Waals surface area contributed by atoms with Gasteiger partial charge in [0.05, 0.1) is 0 Å². The molecule has 1 amide bonds. The highest BCUT2D eigenvalue weighted by Crippen LogP contribution is 2.23. The van der Waals surface area contributed by atoms with Crippen molar-refractivity contribution in [3.63, 3.8) is 0 Å². The van der Waals surface area contributed by atoms with E-state index in [1.807, 2.05) is 0 Å². The zero-order valence-corrected chi connectivity index (χ0v) is 11.2. The fourth-order valence-corrected chi connectivity index (χ4v) is 2.45. The van der Waals surface area contributed by atoms with Crippen molar-refractivity contribution in [2.24, 2.45) is 11.7 Å². The lowest BCUT2D eigenvalue weighted by atomic mass is 10.1. The van der Waals surface area contributed by atoms with Gasteiger partial charge in [0, 0.05) is 18.5 Å². The zero-order chi connectivity index (χ0) is 12.7. The van der Waals surface area contributed by atoms with Crippen molar-refractivity contribution in [3.8, 4) is 0 Å². The van der Waals surface area contributed by atoms with E-state index in [2.05, 4.69) is 24.1 Å². The van der Waals surface area contributed by atoms with Crippen LogP contribution in [0.3, 0.4) is 0 Å². The minimum atomic E-state index is 0.165. The SMILES string of the molecule is CCN(CC)CCCNC(=O)C1CCC(N)C1. The third kappa shape index (κ3) is 5.04. The summed E-state index contributed by atoms with van der Waals surface area (Å²) in [4.78, 5) is 14.2. The smallest absolute Gasteiger partial charge is 0.223 e. The first-order valence-corrected chi connectivity index (χ1v) is 6.93. The molecule has 0 spiro atoms. The normalized spacial score (nSPS) is 24.2. The quantitative estimate of drug-likeness (QED) is 0.653. The van der Waals surface area contributed by atoms with Gasteiger partial charge in [0.25, 0.3) is 0 Å². The second-order valence-electron chi connectivity index (χ2n) is 4.94. The molecule has 1 rings (SSSR count). The van der Waals surface area contributed by atoms with Crippen LogP contribution in [0.25, 0.3) is 0 Å². The summed E-state index contributed by atoms with van der Waals surface area (Å²) in [6.07, 6.45) is 3.86. The van der Waals surface area contributed by atoms with Crippen LogP contribution < -0.4 is 11.1 Å². The van der Waals surface area contributed by atoms with Crippen LogP contribution in [-0.2, 0) is 4.79 Å². The largest absolute Gasteiger partial charge is 0.356 e. The van der Waals surface area contributed by atoms with Crippen molar-refractivity contribution < 1.29 is 4.79 Å². The summed E-state index contributed by atoms with van der Waals surface area (Å²) in [5.74, 6) is 0.371. The van der Waals surface area contributed by atoms with Crippen LogP contribution >= 0.6 is 0 Å². The molecule has 2 unspecified atom stereocenters. The lowest BCUT2D eigenvalue weighted by Crippen LogP contribution is -2.33. The second kappa shape index (κ2) is 7.67. The predicted molar refractivity (Wildman–Crippen MR) is 70.7 cm³/mol. The molecule has 100 valence electrons. The lowest BCUT2D eigenvalue weighted by molar-refractivity contribution is -0.124. The first-order valence-electron chi connectivity index (χ1n) is 6.93. The number of carbonyl (C=O) groups excluding carboxylic acids is 1. The van der Waals surface area contributed by atoms with Gasteiger partial charge in [-0.2, -0.15) is 0 Å². The Morgan fingerprint density at radius 1 is 1.35 bits per heavy atom. The summed E-state index contributed by atoms with van der Waals surface area (Å²) < 4.78 is 0. The molecular formula is C13H27N3O. The van der Waals surface area contributed by atoms with Gasteiger partial charge in [0.2, 0.25) is 5.91 Å². The van der Waals surface area contributed by atoms with E-state index >= 15 is 0 Å². The van der Waals surface area contributed by atoms with Crippen LogP contribution in [0.5, 0.6) is 0 Å². The van der Waals surface area contributed by atoms with E-state index in [4.69, 9.17) is 5.73 Å². The number of carbonyl (C=O) groups is 1. The second-order valence-corrected chi connectivity index (χ2v) is 4.94. The summed E-state index contributed by atoms with van der Waals surface area (Å²) in [6, 6.07) is 0.237. The summed E-state index contributed by atoms with van der Waals surface area (Å²) in [6.45, 7) is 8.37. The van der Waals surface area contributed by atoms with Crippen LogP contribution in [0.4, 0.5) is 0 Å². The van der Waals surface area contributed by atoms with Crippen molar-refractivity contribution in [3.05, 3.63) is 0 Å². The molecule has 4 nitrogen and oxygen atoms in total. The van der Waals surface area contributed by atoms with Gasteiger partial charge in [0.1, 0.15) is 0 Å². The molecule has 0 aromatic heterocycles. The van der Waals surface area contributed by atoms with Gasteiger partial charge in [-0.05, 0) is 45.3 Å². The van der Waals surface area contributed by atoms with E-state index in [9.17, 15) is 4.79 Å². The average Bonchev–Trinajstić information content (AvgIpc) is 2.76. The number of amides is 1. The minimum Gasteiger partial charge on any atom is -0.356 e. The molecule has 0 aliphatic heterocycles. The monoisotopic (exact) mass is 241 g/mol. The molecule has 0 aromatic rings. The van der Waals surface area contributed by atoms with Gasteiger partial charge in [-0.1, -0.05) is 13.8 Å². The Hall–Kier alpha value is -0.610. The Balaban J connectivity index is 2.08. The number of nitrogens with zero attached hydrogens (tertiary/aromatic N) is 1. The molecule has 1 aliphatic carbocycles. The molecule has 0 saturated heterocycles. The Labute approximate surface area is 105 Å². The van der Waals surface area contributed by atoms with E-state index in [0.717, 1.165) is 51.9 Å². The van der Waals surface area contributed by atoms with E-state index in [1.54, 1.807) is 0 Å². The predicted octanol–water partition coefficient (Wildman–Crippen LogP) is 0.962. The number of hydrogen-bond donors (Lipinski definition) is 2. The molecule has 0 aromatic carbocycles. The highest BCUT2D eigenvalue weighted by atomic mass is 16.1. The van der Waals surface area contributed by atoms with Crippen molar-refractivity contribution >= 4 is 5.91 Å². The van der Waals surface area contributed by atoms with E-state index in [0.29, 0.717) is 0 Å². The van der Waals surface area contributed by atoms with E-state index in [1.165, 1.54) is 0 Å². The maximum atomic E-state index is 11.8. The van der Waals surface area contributed by atoms with Crippen molar-refractivity contribution in [1.29, 1.82) is 0 Å². The molecule has 3 N–H and O–H groups in total. The Bertz CT molecular complexity index is 229. The van der Waals surface area contributed by atoms with Gasteiger partial charge in [-0.25, -0.2) is 0 Å². The average molecular weight is 241 g/mol. The molecule has 2 atom stereocenters. The van der Waals surface area contributed by atoms with Crippen molar-refractivity contribution in [2.45, 2.75) is 45.6 Å². The summed E-state index contributed by atoms with van der Waals surface area (Å²) >= 11 is 0. The molecule has 1 fully saturated rings. The Morgan fingerprint density at radius 3 is 2.59 bits per heavy atom. The summed E-state index contributed by atoms with van der Waals surface area (Å²) in [5.41, 5.74) is 5.81. The van der Waals surface area contributed by atoms with Gasteiger partial charge in [-0.3, -0.25) is 4.79 Å². The third-order valence-electron chi connectivity index (χ3n) is 3.69. The Morgan fingerprint density at radius 2 is 2.06 bits per heavy atom. The number of nitrogens with one attached hydrogen (secondary N) is 1. The lowest BCUT2D eigenvalue weighted by Gasteiger charge is -2.18. The minimum absolute atomic E-state index is 0.165. The van der Waals surface area contributed by atoms with Crippen LogP contribution in [-0.4, -0.2) is 43.0 Å². The highest BCUT2D eigenvalue weighted by molar-refractivity contribution is 5.78. The van der Waals surface area contributed by atoms with Crippen molar-refractivity contribution in [1.82, 2.24) is 10.2 Å². The fourth-order valence-electron chi connectivity index (χ4n) is 2.45. The third-order valence-corrected chi connectivity index (χ3v) is 3.69. The van der Waals surface area contributed by atoms with Crippen LogP contribution in [0.1, 0.15) is 39.5 Å². The van der Waals surface area contributed by atoms with Crippen LogP contribution in [0, 0.1) is 5.92 Å². The summed E-state index contributed by atoms with van der Waals surface area (Å²) in [5, 5.41) is 3.03. The zero-order valence-electron chi connectivity index (χ0n) is 11.2. The Kier molecular flexibility index (Phi) is 6.52. The molecule has 0 bridgehead atoms. The van der Waals surface area contributed by atoms with Gasteiger partial charge in [-0.15, -0.1) is 0 Å². The van der Waals surface area contributed by atoms with E-state index < -0.39 is 0 Å². The topological polar surface area (TPSA) is 58.4 Å². The first-order chi connectivity index (χ1) is 8.17. The van der Waals surface area contributed by atoms with E-state index in [-0.39, 0.29) is 17.9 Å². The van der Waals surface area contributed by atoms with Gasteiger partial charge >= 0.3 is 0 Å². The van der Waals surface area contributed by atoms with Crippen LogP contribution in [0.15, 0.2) is 0 Å². The molecular weight excluding hydrogens is 214 g/mol. The highest BCUT2D eigenvalue weighted by Gasteiger charge is 2.27. The summed E-state index contributed by atoms with van der Waals surface area (Å²) in [7, 11) is 0. The van der Waals surface area contributed by atoms with Gasteiger partial charge < -0.3 is 16.0 Å². The first kappa shape index (κ1) is 14.5. The standard InChI is InChI=1S/C13H27N3O/c1-3-16(4-2)9-5-8-15-13(17)11-6-7-12(14)10-11/h11-12H,3-10,14H2,1-2H3,(H,15,17). The van der Waals surface area contributed by atoms with Crippen molar-refractivity contribution in [2.75, 3.05) is 26.2 Å². The molecule has 1 aliphatic rings. The number of rotatable bonds is 7. The number of hydrogen-bond acceptors (Lipinski definition) is 3.